The van der Waals surface area contributed by atoms with Crippen LogP contribution >= 0.6 is 11.3 Å². The normalized spacial score (nSPS) is 11.0. The maximum atomic E-state index is 13.1. The van der Waals surface area contributed by atoms with E-state index < -0.39 is 36.1 Å². The van der Waals surface area contributed by atoms with Gasteiger partial charge in [0.25, 0.3) is 5.91 Å². The van der Waals surface area contributed by atoms with Crippen molar-refractivity contribution in [2.75, 3.05) is 37.4 Å². The smallest absolute Gasteiger partial charge is 0.416 e. The molecule has 2 aromatic rings. The Morgan fingerprint density at radius 2 is 1.82 bits per heavy atom. The molecule has 3 N–H and O–H groups in total. The molecule has 0 aliphatic carbocycles. The van der Waals surface area contributed by atoms with Gasteiger partial charge in [0.05, 0.1) is 41.4 Å². The van der Waals surface area contributed by atoms with Gasteiger partial charge >= 0.3 is 12.1 Å². The van der Waals surface area contributed by atoms with Crippen molar-refractivity contribution in [3.05, 3.63) is 39.8 Å². The molecule has 1 aromatic heterocycles. The fourth-order valence-corrected chi connectivity index (χ4v) is 4.01. The number of alkyl halides is 3. The summed E-state index contributed by atoms with van der Waals surface area (Å²) in [4.78, 5) is 37.3. The Hall–Kier alpha value is -3.28. The monoisotopic (exact) mass is 487 g/mol. The molecule has 0 bridgehead atoms. The zero-order valence-corrected chi connectivity index (χ0v) is 19.3. The van der Waals surface area contributed by atoms with E-state index >= 15 is 0 Å². The lowest BCUT2D eigenvalue weighted by atomic mass is 10.1. The van der Waals surface area contributed by atoms with Gasteiger partial charge in [-0.05, 0) is 44.5 Å². The van der Waals surface area contributed by atoms with Gasteiger partial charge in [0.1, 0.15) is 10.8 Å². The fourth-order valence-electron chi connectivity index (χ4n) is 2.85. The SMILES string of the molecule is CCOC(=O)c1c(NC(=O)CNc2cc(C(F)(F)F)ccc2OCC)sc(C(=O)NC)c1C. The Morgan fingerprint density at radius 1 is 1.12 bits per heavy atom. The summed E-state index contributed by atoms with van der Waals surface area (Å²) < 4.78 is 49.5. The van der Waals surface area contributed by atoms with Gasteiger partial charge in [-0.2, -0.15) is 13.2 Å². The molecular weight excluding hydrogens is 463 g/mol. The van der Waals surface area contributed by atoms with Crippen molar-refractivity contribution in [1.82, 2.24) is 5.32 Å². The molecule has 180 valence electrons. The van der Waals surface area contributed by atoms with Crippen molar-refractivity contribution < 1.29 is 37.0 Å². The highest BCUT2D eigenvalue weighted by Gasteiger charge is 2.31. The van der Waals surface area contributed by atoms with Gasteiger partial charge in [-0.3, -0.25) is 9.59 Å². The maximum Gasteiger partial charge on any atom is 0.416 e. The quantitative estimate of drug-likeness (QED) is 0.461. The highest BCUT2D eigenvalue weighted by molar-refractivity contribution is 7.18. The number of amides is 2. The van der Waals surface area contributed by atoms with Gasteiger partial charge in [-0.25, -0.2) is 4.79 Å². The molecule has 0 aliphatic heterocycles. The van der Waals surface area contributed by atoms with Crippen LogP contribution in [0.3, 0.4) is 0 Å². The number of ether oxygens (including phenoxy) is 2. The summed E-state index contributed by atoms with van der Waals surface area (Å²) in [5.41, 5.74) is -0.524. The molecule has 0 spiro atoms. The molecule has 0 aliphatic rings. The molecule has 2 amide bonds. The Bertz CT molecular complexity index is 1040. The molecule has 0 saturated carbocycles. The molecule has 2 rings (SSSR count). The molecule has 0 saturated heterocycles. The molecule has 0 radical (unpaired) electrons. The summed E-state index contributed by atoms with van der Waals surface area (Å²) in [6, 6.07) is 2.90. The van der Waals surface area contributed by atoms with Crippen LogP contribution in [0.15, 0.2) is 18.2 Å². The van der Waals surface area contributed by atoms with E-state index in [1.54, 1.807) is 20.8 Å². The number of anilines is 2. The molecular formula is C21H24F3N3O5S. The van der Waals surface area contributed by atoms with Crippen LogP contribution in [0.5, 0.6) is 5.75 Å². The number of hydrogen-bond donors (Lipinski definition) is 3. The summed E-state index contributed by atoms with van der Waals surface area (Å²) in [5, 5.41) is 7.72. The fraction of sp³-hybridized carbons (Fsp3) is 0.381. The number of esters is 1. The van der Waals surface area contributed by atoms with Gasteiger partial charge in [-0.1, -0.05) is 0 Å². The summed E-state index contributed by atoms with van der Waals surface area (Å²) in [5.74, 6) is -1.64. The number of nitrogens with one attached hydrogen (secondary N) is 3. The third-order valence-corrected chi connectivity index (χ3v) is 5.56. The van der Waals surface area contributed by atoms with Crippen LogP contribution in [0.4, 0.5) is 23.9 Å². The standard InChI is InChI=1S/C21H24F3N3O5S/c1-5-31-14-8-7-12(21(22,23)24)9-13(14)26-10-15(28)27-19-16(20(30)32-6-2)11(3)17(33-19)18(29)25-4/h7-9,26H,5-6,10H2,1-4H3,(H,25,29)(H,27,28). The lowest BCUT2D eigenvalue weighted by molar-refractivity contribution is -0.137. The molecule has 12 heteroatoms. The van der Waals surface area contributed by atoms with Gasteiger partial charge in [0.2, 0.25) is 5.91 Å². The number of carbonyl (C=O) groups is 3. The lowest BCUT2D eigenvalue weighted by Crippen LogP contribution is -2.23. The van der Waals surface area contributed by atoms with Gasteiger partial charge in [-0.15, -0.1) is 11.3 Å². The van der Waals surface area contributed by atoms with E-state index in [-0.39, 0.29) is 40.1 Å². The number of thiophene rings is 1. The zero-order chi connectivity index (χ0) is 24.8. The van der Waals surface area contributed by atoms with Crippen molar-refractivity contribution in [1.29, 1.82) is 0 Å². The second-order valence-electron chi connectivity index (χ2n) is 6.60. The molecule has 0 unspecified atom stereocenters. The Balaban J connectivity index is 2.26. The first-order valence-electron chi connectivity index (χ1n) is 9.93. The molecule has 0 fully saturated rings. The van der Waals surface area contributed by atoms with Crippen molar-refractivity contribution in [2.24, 2.45) is 0 Å². The van der Waals surface area contributed by atoms with E-state index in [2.05, 4.69) is 16.0 Å². The van der Waals surface area contributed by atoms with Crippen LogP contribution in [0.25, 0.3) is 0 Å². The average Bonchev–Trinajstić information content (AvgIpc) is 3.07. The Kier molecular flexibility index (Phi) is 8.69. The summed E-state index contributed by atoms with van der Waals surface area (Å²) in [6.07, 6.45) is -4.57. The molecule has 1 aromatic carbocycles. The van der Waals surface area contributed by atoms with Gasteiger partial charge < -0.3 is 25.4 Å². The largest absolute Gasteiger partial charge is 0.492 e. The van der Waals surface area contributed by atoms with Crippen molar-refractivity contribution in [3.63, 3.8) is 0 Å². The number of rotatable bonds is 9. The summed E-state index contributed by atoms with van der Waals surface area (Å²) >= 11 is 0.894. The van der Waals surface area contributed by atoms with E-state index in [0.29, 0.717) is 5.56 Å². The van der Waals surface area contributed by atoms with Crippen LogP contribution in [0.1, 0.15) is 45.0 Å². The van der Waals surface area contributed by atoms with Crippen molar-refractivity contribution in [2.45, 2.75) is 26.9 Å². The summed E-state index contributed by atoms with van der Waals surface area (Å²) in [6.45, 7) is 4.73. The Morgan fingerprint density at radius 3 is 2.39 bits per heavy atom. The molecule has 33 heavy (non-hydrogen) atoms. The van der Waals surface area contributed by atoms with Crippen molar-refractivity contribution >= 4 is 39.8 Å². The maximum absolute atomic E-state index is 13.1. The minimum absolute atomic E-state index is 0.0131. The minimum atomic E-state index is -4.57. The van der Waals surface area contributed by atoms with Crippen LogP contribution in [-0.4, -0.2) is 44.6 Å². The van der Waals surface area contributed by atoms with Crippen molar-refractivity contribution in [3.8, 4) is 5.75 Å². The number of halogens is 3. The lowest BCUT2D eigenvalue weighted by Gasteiger charge is -2.15. The van der Waals surface area contributed by atoms with Gasteiger partial charge in [0, 0.05) is 7.05 Å². The third-order valence-electron chi connectivity index (χ3n) is 4.36. The summed E-state index contributed by atoms with van der Waals surface area (Å²) in [7, 11) is 1.43. The van der Waals surface area contributed by atoms with E-state index in [1.165, 1.54) is 13.1 Å². The molecule has 0 atom stereocenters. The zero-order valence-electron chi connectivity index (χ0n) is 18.4. The molecule has 1 heterocycles. The first-order chi connectivity index (χ1) is 15.5. The highest BCUT2D eigenvalue weighted by atomic mass is 32.1. The number of hydrogen-bond acceptors (Lipinski definition) is 7. The van der Waals surface area contributed by atoms with Gasteiger partial charge in [0.15, 0.2) is 0 Å². The molecule has 8 nitrogen and oxygen atoms in total. The predicted octanol–water partition coefficient (Wildman–Crippen LogP) is 4.06. The van der Waals surface area contributed by atoms with E-state index in [4.69, 9.17) is 9.47 Å². The second-order valence-corrected chi connectivity index (χ2v) is 7.62. The second kappa shape index (κ2) is 11.0. The van der Waals surface area contributed by atoms with E-state index in [0.717, 1.165) is 23.5 Å². The van der Waals surface area contributed by atoms with Crippen LogP contribution in [-0.2, 0) is 15.7 Å². The number of carbonyl (C=O) groups excluding carboxylic acids is 3. The number of benzene rings is 1. The van der Waals surface area contributed by atoms with Crippen LogP contribution < -0.4 is 20.7 Å². The topological polar surface area (TPSA) is 106 Å². The van der Waals surface area contributed by atoms with E-state index in [9.17, 15) is 27.6 Å². The third kappa shape index (κ3) is 6.37. The highest BCUT2D eigenvalue weighted by Crippen LogP contribution is 2.36. The Labute approximate surface area is 192 Å². The van der Waals surface area contributed by atoms with E-state index in [1.807, 2.05) is 0 Å². The minimum Gasteiger partial charge on any atom is -0.492 e. The predicted molar refractivity (Wildman–Crippen MR) is 118 cm³/mol. The first-order valence-corrected chi connectivity index (χ1v) is 10.7. The van der Waals surface area contributed by atoms with Crippen LogP contribution in [0, 0.1) is 6.92 Å². The first kappa shape index (κ1) is 26.0. The average molecular weight is 488 g/mol. The van der Waals surface area contributed by atoms with Crippen LogP contribution in [0.2, 0.25) is 0 Å².